The minimum absolute atomic E-state index is 0.0556. The van der Waals surface area contributed by atoms with Gasteiger partial charge in [-0.25, -0.2) is 9.97 Å². The summed E-state index contributed by atoms with van der Waals surface area (Å²) in [6.45, 7) is 7.49. The average molecular weight is 891 g/mol. The number of aliphatic carboxylic acids is 2. The van der Waals surface area contributed by atoms with Gasteiger partial charge in [0.05, 0.1) is 28.4 Å². The van der Waals surface area contributed by atoms with Gasteiger partial charge < -0.3 is 30.6 Å². The molecule has 4 heterocycles. The zero-order chi connectivity index (χ0) is 44.9. The molecule has 65 heavy (non-hydrogen) atoms. The Morgan fingerprint density at radius 1 is 0.615 bits per heavy atom. The number of unbranched alkanes of at least 4 members (excludes halogenated alkanes) is 2. The molecule has 0 spiro atoms. The first-order valence-corrected chi connectivity index (χ1v) is 26.1. The molecule has 9 saturated carbocycles. The lowest BCUT2D eigenvalue weighted by Gasteiger charge is -2.54. The number of carbonyl (C=O) groups is 4. The molecule has 4 N–H and O–H groups in total. The van der Waals surface area contributed by atoms with E-state index in [9.17, 15) is 29.4 Å². The standard InChI is InChI=1S/C27H39N3O3.C26H35N3O3/c1-2-3-6-23-22(7-8-24(28-23)30-9-4-5-17(16-30)15-25(31)32)27(33)29-26-20-11-18-10-19(13-20)14-21(26)12-18;1-2-3-4-21-18(5-6-22(27-21)29-12-19-20(13-29)23(19)26(31)32)25(30)28-24-16-8-14-7-15(10-16)11-17(24)9-14/h7-8,17-21,26H,2-6,9-16H2,1H3,(H,29,33)(H,31,32);5-6,14-17,19-20,23-24H,2-4,7-13H2,1H3,(H,28,30)(H,31,32)/t17-,18?,19?,20?,21?,26?;/m0./s1. The zero-order valence-corrected chi connectivity index (χ0v) is 39.0. The molecule has 9 aliphatic carbocycles. The number of hydrogen-bond acceptors (Lipinski definition) is 8. The SMILES string of the molecule is CCCCc1nc(N2CC3C(C2)C3C(=O)O)ccc1C(=O)NC1C2CC3CC(C2)CC1C3.CCCCc1nc(N2CCC[C@@H](CC(=O)O)C2)ccc1C(=O)NC1C2CC3CC(C2)CC1C3. The molecule has 3 atom stereocenters. The topological polar surface area (TPSA) is 165 Å². The predicted molar refractivity (Wildman–Crippen MR) is 250 cm³/mol. The number of nitrogens with one attached hydrogen (secondary N) is 2. The fraction of sp³-hybridized carbons (Fsp3) is 0.736. The summed E-state index contributed by atoms with van der Waals surface area (Å²) in [6.07, 6.45) is 21.1. The van der Waals surface area contributed by atoms with Crippen LogP contribution in [0.25, 0.3) is 0 Å². The van der Waals surface area contributed by atoms with Crippen LogP contribution in [0, 0.1) is 71.0 Å². The highest BCUT2D eigenvalue weighted by Crippen LogP contribution is 2.55. The van der Waals surface area contributed by atoms with E-state index in [2.05, 4.69) is 34.3 Å². The molecule has 2 amide bonds. The van der Waals surface area contributed by atoms with E-state index in [1.165, 1.54) is 64.2 Å². The van der Waals surface area contributed by atoms with Crippen LogP contribution in [0.3, 0.4) is 0 Å². The summed E-state index contributed by atoms with van der Waals surface area (Å²) in [4.78, 5) is 63.7. The summed E-state index contributed by atoms with van der Waals surface area (Å²) in [5.74, 6) is 7.29. The Labute approximate surface area is 385 Å². The maximum atomic E-state index is 13.5. The Morgan fingerprint density at radius 2 is 1.06 bits per heavy atom. The molecule has 2 aliphatic heterocycles. The van der Waals surface area contributed by atoms with Crippen molar-refractivity contribution >= 4 is 35.4 Å². The van der Waals surface area contributed by atoms with Gasteiger partial charge in [0.25, 0.3) is 11.8 Å². The van der Waals surface area contributed by atoms with Gasteiger partial charge in [-0.2, -0.15) is 0 Å². The van der Waals surface area contributed by atoms with Crippen LogP contribution in [0.15, 0.2) is 24.3 Å². The van der Waals surface area contributed by atoms with Gasteiger partial charge in [0.15, 0.2) is 0 Å². The molecular weight excluding hydrogens is 817 g/mol. The van der Waals surface area contributed by atoms with E-state index >= 15 is 0 Å². The van der Waals surface area contributed by atoms with E-state index in [4.69, 9.17) is 9.97 Å². The van der Waals surface area contributed by atoms with Gasteiger partial charge in [-0.1, -0.05) is 26.7 Å². The third kappa shape index (κ3) is 9.39. The first-order chi connectivity index (χ1) is 31.5. The Kier molecular flexibility index (Phi) is 12.9. The monoisotopic (exact) mass is 891 g/mol. The lowest BCUT2D eigenvalue weighted by Crippen LogP contribution is -2.55. The smallest absolute Gasteiger partial charge is 0.307 e. The quantitative estimate of drug-likeness (QED) is 0.137. The Morgan fingerprint density at radius 3 is 1.48 bits per heavy atom. The summed E-state index contributed by atoms with van der Waals surface area (Å²) in [6, 6.07) is 8.57. The number of carbonyl (C=O) groups excluding carboxylic acids is 2. The first kappa shape index (κ1) is 44.6. The van der Waals surface area contributed by atoms with E-state index in [-0.39, 0.29) is 41.9 Å². The number of carboxylic acid groups (broad SMARTS) is 2. The number of piperidine rings is 2. The minimum atomic E-state index is -0.727. The minimum Gasteiger partial charge on any atom is -0.481 e. The van der Waals surface area contributed by atoms with Crippen molar-refractivity contribution in [1.29, 1.82) is 0 Å². The number of anilines is 2. The molecule has 13 rings (SSSR count). The molecule has 0 radical (unpaired) electrons. The lowest BCUT2D eigenvalue weighted by atomic mass is 9.54. The van der Waals surface area contributed by atoms with Gasteiger partial charge in [-0.05, 0) is 192 Å². The second-order valence-electron chi connectivity index (χ2n) is 22.5. The van der Waals surface area contributed by atoms with Crippen molar-refractivity contribution in [2.75, 3.05) is 36.0 Å². The molecular formula is C53H74N6O6. The second kappa shape index (κ2) is 18.8. The molecule has 8 bridgehead atoms. The molecule has 11 fully saturated rings. The van der Waals surface area contributed by atoms with E-state index in [0.29, 0.717) is 35.8 Å². The van der Waals surface area contributed by atoms with E-state index in [0.717, 1.165) is 135 Å². The molecule has 2 saturated heterocycles. The van der Waals surface area contributed by atoms with Crippen molar-refractivity contribution < 1.29 is 29.4 Å². The maximum absolute atomic E-state index is 13.5. The summed E-state index contributed by atoms with van der Waals surface area (Å²) in [5, 5.41) is 25.4. The van der Waals surface area contributed by atoms with Crippen LogP contribution >= 0.6 is 0 Å². The molecule has 12 nitrogen and oxygen atoms in total. The van der Waals surface area contributed by atoms with E-state index in [1.807, 2.05) is 24.3 Å². The van der Waals surface area contributed by atoms with Crippen LogP contribution in [0.5, 0.6) is 0 Å². The highest BCUT2D eigenvalue weighted by Gasteiger charge is 2.60. The van der Waals surface area contributed by atoms with Crippen molar-refractivity contribution in [2.45, 2.75) is 148 Å². The van der Waals surface area contributed by atoms with Crippen LogP contribution in [0.2, 0.25) is 0 Å². The average Bonchev–Trinajstić information content (AvgIpc) is 3.80. The van der Waals surface area contributed by atoms with Gasteiger partial charge >= 0.3 is 11.9 Å². The van der Waals surface area contributed by atoms with Crippen molar-refractivity contribution in [3.8, 4) is 0 Å². The van der Waals surface area contributed by atoms with Crippen molar-refractivity contribution in [2.24, 2.45) is 71.0 Å². The molecule has 11 aliphatic rings. The summed E-state index contributed by atoms with van der Waals surface area (Å²) < 4.78 is 0. The predicted octanol–water partition coefficient (Wildman–Crippen LogP) is 8.42. The third-order valence-corrected chi connectivity index (χ3v) is 18.1. The van der Waals surface area contributed by atoms with Crippen molar-refractivity contribution in [3.05, 3.63) is 46.8 Å². The van der Waals surface area contributed by atoms with E-state index in [1.54, 1.807) is 0 Å². The fourth-order valence-electron chi connectivity index (χ4n) is 15.4. The Hall–Kier alpha value is -4.22. The number of amides is 2. The Bertz CT molecular complexity index is 2040. The number of aromatic nitrogens is 2. The maximum Gasteiger partial charge on any atom is 0.307 e. The van der Waals surface area contributed by atoms with Gasteiger partial charge in [0.2, 0.25) is 0 Å². The number of hydrogen-bond donors (Lipinski definition) is 4. The van der Waals surface area contributed by atoms with Crippen LogP contribution in [-0.4, -0.2) is 82.2 Å². The van der Waals surface area contributed by atoms with Crippen LogP contribution in [0.4, 0.5) is 11.6 Å². The fourth-order valence-corrected chi connectivity index (χ4v) is 15.4. The van der Waals surface area contributed by atoms with E-state index < -0.39 is 11.9 Å². The van der Waals surface area contributed by atoms with Crippen LogP contribution in [-0.2, 0) is 22.4 Å². The molecule has 352 valence electrons. The largest absolute Gasteiger partial charge is 0.481 e. The molecule has 2 aromatic heterocycles. The zero-order valence-electron chi connectivity index (χ0n) is 39.0. The lowest BCUT2D eigenvalue weighted by molar-refractivity contribution is -0.139. The van der Waals surface area contributed by atoms with Crippen molar-refractivity contribution in [3.63, 3.8) is 0 Å². The number of nitrogens with zero attached hydrogens (tertiary/aromatic N) is 4. The number of rotatable bonds is 15. The highest BCUT2D eigenvalue weighted by molar-refractivity contribution is 5.96. The summed E-state index contributed by atoms with van der Waals surface area (Å²) >= 11 is 0. The van der Waals surface area contributed by atoms with Crippen molar-refractivity contribution in [1.82, 2.24) is 20.6 Å². The van der Waals surface area contributed by atoms with Crippen LogP contribution < -0.4 is 20.4 Å². The molecule has 0 aromatic carbocycles. The summed E-state index contributed by atoms with van der Waals surface area (Å²) in [5.41, 5.74) is 3.28. The van der Waals surface area contributed by atoms with Gasteiger partial charge in [-0.3, -0.25) is 19.2 Å². The first-order valence-electron chi connectivity index (χ1n) is 26.1. The Balaban J connectivity index is 0.000000153. The normalized spacial score (nSPS) is 35.6. The third-order valence-electron chi connectivity index (χ3n) is 18.1. The van der Waals surface area contributed by atoms with Gasteiger partial charge in [0, 0.05) is 44.7 Å². The van der Waals surface area contributed by atoms with Gasteiger partial charge in [-0.15, -0.1) is 0 Å². The number of carboxylic acids is 2. The van der Waals surface area contributed by atoms with Crippen LogP contribution in [0.1, 0.15) is 155 Å². The van der Waals surface area contributed by atoms with Gasteiger partial charge in [0.1, 0.15) is 11.6 Å². The molecule has 12 heteroatoms. The number of pyridine rings is 2. The second-order valence-corrected chi connectivity index (χ2v) is 22.5. The molecule has 2 aromatic rings. The number of fused-ring (bicyclic) bond motifs is 1. The number of aryl methyl sites for hydroxylation is 2. The molecule has 2 unspecified atom stereocenters. The highest BCUT2D eigenvalue weighted by atomic mass is 16.4. The summed E-state index contributed by atoms with van der Waals surface area (Å²) in [7, 11) is 0.